The van der Waals surface area contributed by atoms with Gasteiger partial charge >= 0.3 is 5.97 Å². The second kappa shape index (κ2) is 7.37. The molecule has 5 heteroatoms. The third kappa shape index (κ3) is 4.49. The minimum absolute atomic E-state index is 0.157. The Labute approximate surface area is 149 Å². The number of rotatable bonds is 4. The molecule has 0 bridgehead atoms. The minimum Gasteiger partial charge on any atom is -0.482 e. The van der Waals surface area contributed by atoms with Crippen LogP contribution in [0.3, 0.4) is 0 Å². The van der Waals surface area contributed by atoms with Crippen molar-refractivity contribution >= 4 is 33.5 Å². The Balaban J connectivity index is 2.04. The Bertz CT molecular complexity index is 710. The summed E-state index contributed by atoms with van der Waals surface area (Å²) in [6, 6.07) is 7.42. The highest BCUT2D eigenvalue weighted by molar-refractivity contribution is 9.10. The van der Waals surface area contributed by atoms with Crippen LogP contribution in [0.5, 0.6) is 11.5 Å². The van der Waals surface area contributed by atoms with Gasteiger partial charge in [0.1, 0.15) is 11.5 Å². The zero-order valence-corrected chi connectivity index (χ0v) is 15.8. The summed E-state index contributed by atoms with van der Waals surface area (Å²) in [4.78, 5) is 12.0. The van der Waals surface area contributed by atoms with Crippen molar-refractivity contribution in [2.75, 3.05) is 6.61 Å². The average molecular weight is 398 g/mol. The number of halogens is 2. The summed E-state index contributed by atoms with van der Waals surface area (Å²) in [7, 11) is 0. The predicted octanol–water partition coefficient (Wildman–Crippen LogP) is 5.32. The van der Waals surface area contributed by atoms with Crippen LogP contribution in [0.2, 0.25) is 5.02 Å². The Hall–Kier alpha value is -1.52. The zero-order chi connectivity index (χ0) is 17.1. The molecule has 0 fully saturated rings. The molecular weight excluding hydrogens is 380 g/mol. The fourth-order valence-electron chi connectivity index (χ4n) is 2.33. The first kappa shape index (κ1) is 17.8. The number of esters is 1. The van der Waals surface area contributed by atoms with Crippen molar-refractivity contribution in [3.63, 3.8) is 0 Å². The molecule has 23 heavy (non-hydrogen) atoms. The van der Waals surface area contributed by atoms with Crippen molar-refractivity contribution in [1.82, 2.24) is 0 Å². The molecule has 0 unspecified atom stereocenters. The molecule has 3 nitrogen and oxygen atoms in total. The first-order chi connectivity index (χ1) is 10.8. The van der Waals surface area contributed by atoms with E-state index in [9.17, 15) is 4.79 Å². The fraction of sp³-hybridized carbons (Fsp3) is 0.278. The number of hydrogen-bond donors (Lipinski definition) is 0. The Morgan fingerprint density at radius 1 is 1.00 bits per heavy atom. The lowest BCUT2D eigenvalue weighted by Crippen LogP contribution is -2.18. The van der Waals surface area contributed by atoms with E-state index in [0.717, 1.165) is 26.7 Å². The molecule has 0 amide bonds. The fourth-order valence-corrected chi connectivity index (χ4v) is 3.13. The van der Waals surface area contributed by atoms with Gasteiger partial charge in [0.15, 0.2) is 6.61 Å². The van der Waals surface area contributed by atoms with Crippen LogP contribution < -0.4 is 9.47 Å². The highest BCUT2D eigenvalue weighted by Gasteiger charge is 2.12. The largest absolute Gasteiger partial charge is 0.482 e. The van der Waals surface area contributed by atoms with Crippen molar-refractivity contribution in [2.45, 2.75) is 27.7 Å². The third-order valence-corrected chi connectivity index (χ3v) is 4.46. The van der Waals surface area contributed by atoms with Crippen LogP contribution in [-0.4, -0.2) is 12.6 Å². The Morgan fingerprint density at radius 3 is 2.04 bits per heavy atom. The quantitative estimate of drug-likeness (QED) is 0.517. The molecule has 0 aromatic heterocycles. The molecule has 0 spiro atoms. The molecule has 0 atom stereocenters. The molecule has 0 N–H and O–H groups in total. The summed E-state index contributed by atoms with van der Waals surface area (Å²) in [5.41, 5.74) is 3.61. The van der Waals surface area contributed by atoms with E-state index in [2.05, 4.69) is 15.9 Å². The number of ether oxygens (including phenoxy) is 2. The summed E-state index contributed by atoms with van der Waals surface area (Å²) in [6.45, 7) is 7.43. The molecule has 0 aliphatic carbocycles. The van der Waals surface area contributed by atoms with Gasteiger partial charge in [0, 0.05) is 9.50 Å². The van der Waals surface area contributed by atoms with Gasteiger partial charge in [0.2, 0.25) is 0 Å². The topological polar surface area (TPSA) is 35.5 Å². The lowest BCUT2D eigenvalue weighted by atomic mass is 10.1. The maximum Gasteiger partial charge on any atom is 0.349 e. The number of carbonyl (C=O) groups excluding carboxylic acids is 1. The second-order valence-corrected chi connectivity index (χ2v) is 6.80. The predicted molar refractivity (Wildman–Crippen MR) is 95.7 cm³/mol. The Kier molecular flexibility index (Phi) is 5.71. The van der Waals surface area contributed by atoms with E-state index in [-0.39, 0.29) is 6.61 Å². The van der Waals surface area contributed by atoms with E-state index < -0.39 is 5.97 Å². The number of hydrogen-bond acceptors (Lipinski definition) is 3. The monoisotopic (exact) mass is 396 g/mol. The lowest BCUT2D eigenvalue weighted by molar-refractivity contribution is -0.136. The van der Waals surface area contributed by atoms with E-state index in [0.29, 0.717) is 16.5 Å². The molecule has 0 aliphatic heterocycles. The number of aryl methyl sites for hydroxylation is 4. The highest BCUT2D eigenvalue weighted by Crippen LogP contribution is 2.28. The van der Waals surface area contributed by atoms with E-state index in [1.165, 1.54) is 0 Å². The Morgan fingerprint density at radius 2 is 1.52 bits per heavy atom. The van der Waals surface area contributed by atoms with Crippen LogP contribution in [-0.2, 0) is 4.79 Å². The molecule has 0 aliphatic rings. The first-order valence-electron chi connectivity index (χ1n) is 7.15. The molecule has 0 radical (unpaired) electrons. The van der Waals surface area contributed by atoms with Gasteiger partial charge in [-0.25, -0.2) is 4.79 Å². The smallest absolute Gasteiger partial charge is 0.349 e. The van der Waals surface area contributed by atoms with Crippen molar-refractivity contribution < 1.29 is 14.3 Å². The standard InChI is InChI=1S/C18H18BrClO3/c1-10-7-15(8-11(2)17(10)20)22-9-16(21)23-18-12(3)5-14(19)6-13(18)4/h5-8H,9H2,1-4H3. The van der Waals surface area contributed by atoms with E-state index in [1.54, 1.807) is 12.1 Å². The van der Waals surface area contributed by atoms with Gasteiger partial charge in [-0.05, 0) is 74.2 Å². The van der Waals surface area contributed by atoms with Gasteiger partial charge < -0.3 is 9.47 Å². The van der Waals surface area contributed by atoms with Crippen molar-refractivity contribution in [3.8, 4) is 11.5 Å². The van der Waals surface area contributed by atoms with Gasteiger partial charge in [-0.1, -0.05) is 27.5 Å². The zero-order valence-electron chi connectivity index (χ0n) is 13.5. The second-order valence-electron chi connectivity index (χ2n) is 5.50. The van der Waals surface area contributed by atoms with E-state index in [1.807, 2.05) is 39.8 Å². The lowest BCUT2D eigenvalue weighted by Gasteiger charge is -2.12. The highest BCUT2D eigenvalue weighted by atomic mass is 79.9. The van der Waals surface area contributed by atoms with E-state index >= 15 is 0 Å². The van der Waals surface area contributed by atoms with Crippen LogP contribution in [0.4, 0.5) is 0 Å². The van der Waals surface area contributed by atoms with Gasteiger partial charge in [0.25, 0.3) is 0 Å². The third-order valence-electron chi connectivity index (χ3n) is 3.41. The summed E-state index contributed by atoms with van der Waals surface area (Å²) in [5, 5.41) is 0.709. The van der Waals surface area contributed by atoms with Crippen LogP contribution in [0.25, 0.3) is 0 Å². The van der Waals surface area contributed by atoms with Gasteiger partial charge in [0.05, 0.1) is 0 Å². The summed E-state index contributed by atoms with van der Waals surface area (Å²) < 4.78 is 11.9. The molecule has 2 aromatic carbocycles. The maximum atomic E-state index is 12.0. The molecule has 0 saturated heterocycles. The minimum atomic E-state index is -0.441. The average Bonchev–Trinajstić information content (AvgIpc) is 2.46. The molecule has 122 valence electrons. The maximum absolute atomic E-state index is 12.0. The molecule has 0 saturated carbocycles. The van der Waals surface area contributed by atoms with Crippen molar-refractivity contribution in [1.29, 1.82) is 0 Å². The summed E-state index contributed by atoms with van der Waals surface area (Å²) in [5.74, 6) is 0.736. The van der Waals surface area contributed by atoms with Crippen molar-refractivity contribution in [3.05, 3.63) is 56.0 Å². The van der Waals surface area contributed by atoms with Crippen molar-refractivity contribution in [2.24, 2.45) is 0 Å². The van der Waals surface area contributed by atoms with E-state index in [4.69, 9.17) is 21.1 Å². The summed E-state index contributed by atoms with van der Waals surface area (Å²) >= 11 is 9.53. The summed E-state index contributed by atoms with van der Waals surface area (Å²) in [6.07, 6.45) is 0. The normalized spacial score (nSPS) is 10.5. The van der Waals surface area contributed by atoms with Crippen LogP contribution in [0, 0.1) is 27.7 Å². The molecule has 2 rings (SSSR count). The van der Waals surface area contributed by atoms with Crippen LogP contribution >= 0.6 is 27.5 Å². The molecule has 2 aromatic rings. The van der Waals surface area contributed by atoms with Crippen LogP contribution in [0.15, 0.2) is 28.7 Å². The van der Waals surface area contributed by atoms with Gasteiger partial charge in [-0.2, -0.15) is 0 Å². The first-order valence-corrected chi connectivity index (χ1v) is 8.32. The van der Waals surface area contributed by atoms with Crippen LogP contribution in [0.1, 0.15) is 22.3 Å². The van der Waals surface area contributed by atoms with Gasteiger partial charge in [-0.3, -0.25) is 0 Å². The molecular formula is C18H18BrClO3. The SMILES string of the molecule is Cc1cc(OCC(=O)Oc2c(C)cc(Br)cc2C)cc(C)c1Cl. The van der Waals surface area contributed by atoms with Gasteiger partial charge in [-0.15, -0.1) is 0 Å². The number of carbonyl (C=O) groups is 1. The number of benzene rings is 2. The molecule has 0 heterocycles.